The summed E-state index contributed by atoms with van der Waals surface area (Å²) < 4.78 is 12.8. The van der Waals surface area contributed by atoms with Gasteiger partial charge in [0.15, 0.2) is 0 Å². The van der Waals surface area contributed by atoms with E-state index < -0.39 is 18.0 Å². The van der Waals surface area contributed by atoms with Crippen molar-refractivity contribution in [3.05, 3.63) is 29.6 Å². The van der Waals surface area contributed by atoms with Crippen LogP contribution in [0.15, 0.2) is 18.2 Å². The number of aliphatic hydroxyl groups excluding tert-OH is 1. The van der Waals surface area contributed by atoms with Gasteiger partial charge < -0.3 is 16.6 Å². The summed E-state index contributed by atoms with van der Waals surface area (Å²) in [6.45, 7) is 1.54. The van der Waals surface area contributed by atoms with Crippen LogP contribution in [0.25, 0.3) is 0 Å². The molecule has 4 heteroatoms. The Bertz CT molecular complexity index is 302. The summed E-state index contributed by atoms with van der Waals surface area (Å²) >= 11 is 0. The standard InChI is InChI=1S/C9H13FN2O/c1-5(13)9(12)7-4-6(10)2-3-8(7)11/h2-5,9,13H,11-12H2,1H3. The molecule has 3 nitrogen and oxygen atoms in total. The van der Waals surface area contributed by atoms with Crippen LogP contribution in [0, 0.1) is 5.82 Å². The predicted octanol–water partition coefficient (Wildman–Crippen LogP) is 0.789. The van der Waals surface area contributed by atoms with Crippen molar-refractivity contribution in [3.63, 3.8) is 0 Å². The van der Waals surface area contributed by atoms with Gasteiger partial charge >= 0.3 is 0 Å². The Morgan fingerprint density at radius 2 is 2.08 bits per heavy atom. The van der Waals surface area contributed by atoms with Gasteiger partial charge in [-0.25, -0.2) is 4.39 Å². The molecule has 0 spiro atoms. The molecule has 5 N–H and O–H groups in total. The van der Waals surface area contributed by atoms with E-state index in [9.17, 15) is 9.50 Å². The molecule has 0 fully saturated rings. The summed E-state index contributed by atoms with van der Waals surface area (Å²) in [4.78, 5) is 0. The predicted molar refractivity (Wildman–Crippen MR) is 49.4 cm³/mol. The first kappa shape index (κ1) is 9.95. The Labute approximate surface area is 76.2 Å². The average molecular weight is 184 g/mol. The van der Waals surface area contributed by atoms with Crippen molar-refractivity contribution in [3.8, 4) is 0 Å². The summed E-state index contributed by atoms with van der Waals surface area (Å²) in [5, 5.41) is 9.19. The van der Waals surface area contributed by atoms with E-state index in [4.69, 9.17) is 11.5 Å². The molecule has 2 atom stereocenters. The van der Waals surface area contributed by atoms with Gasteiger partial charge in [0.1, 0.15) is 5.82 Å². The highest BCUT2D eigenvalue weighted by Gasteiger charge is 2.15. The summed E-state index contributed by atoms with van der Waals surface area (Å²) in [5.74, 6) is -0.402. The zero-order chi connectivity index (χ0) is 10.0. The van der Waals surface area contributed by atoms with Crippen molar-refractivity contribution in [2.45, 2.75) is 19.1 Å². The van der Waals surface area contributed by atoms with E-state index in [1.165, 1.54) is 25.1 Å². The number of rotatable bonds is 2. The minimum Gasteiger partial charge on any atom is -0.398 e. The van der Waals surface area contributed by atoms with Crippen molar-refractivity contribution in [1.82, 2.24) is 0 Å². The highest BCUT2D eigenvalue weighted by atomic mass is 19.1. The fourth-order valence-corrected chi connectivity index (χ4v) is 1.09. The van der Waals surface area contributed by atoms with Crippen molar-refractivity contribution >= 4 is 5.69 Å². The average Bonchev–Trinajstić information content (AvgIpc) is 2.08. The van der Waals surface area contributed by atoms with E-state index in [-0.39, 0.29) is 0 Å². The Morgan fingerprint density at radius 1 is 1.46 bits per heavy atom. The third kappa shape index (κ3) is 2.17. The van der Waals surface area contributed by atoms with E-state index >= 15 is 0 Å². The number of benzene rings is 1. The molecule has 0 aliphatic carbocycles. The lowest BCUT2D eigenvalue weighted by Crippen LogP contribution is -2.24. The molecule has 0 aliphatic rings. The number of aliphatic hydroxyl groups is 1. The summed E-state index contributed by atoms with van der Waals surface area (Å²) in [7, 11) is 0. The number of nitrogen functional groups attached to an aromatic ring is 1. The third-order valence-electron chi connectivity index (χ3n) is 1.93. The zero-order valence-corrected chi connectivity index (χ0v) is 7.37. The maximum absolute atomic E-state index is 12.8. The molecule has 0 heterocycles. The van der Waals surface area contributed by atoms with Gasteiger partial charge in [-0.3, -0.25) is 0 Å². The molecule has 0 amide bonds. The maximum Gasteiger partial charge on any atom is 0.123 e. The lowest BCUT2D eigenvalue weighted by atomic mass is 10.0. The van der Waals surface area contributed by atoms with Crippen LogP contribution in [0.3, 0.4) is 0 Å². The van der Waals surface area contributed by atoms with Crippen LogP contribution in [0.4, 0.5) is 10.1 Å². The monoisotopic (exact) mass is 184 g/mol. The number of hydrogen-bond acceptors (Lipinski definition) is 3. The molecule has 1 rings (SSSR count). The van der Waals surface area contributed by atoms with Crippen LogP contribution >= 0.6 is 0 Å². The highest BCUT2D eigenvalue weighted by Crippen LogP contribution is 2.21. The van der Waals surface area contributed by atoms with Crippen LogP contribution in [0.2, 0.25) is 0 Å². The highest BCUT2D eigenvalue weighted by molar-refractivity contribution is 5.48. The van der Waals surface area contributed by atoms with Crippen molar-refractivity contribution in [2.75, 3.05) is 5.73 Å². The van der Waals surface area contributed by atoms with Gasteiger partial charge in [0.2, 0.25) is 0 Å². The molecule has 1 aromatic rings. The normalized spacial score (nSPS) is 15.4. The minimum absolute atomic E-state index is 0.398. The van der Waals surface area contributed by atoms with Crippen molar-refractivity contribution in [1.29, 1.82) is 0 Å². The fraction of sp³-hybridized carbons (Fsp3) is 0.333. The summed E-state index contributed by atoms with van der Waals surface area (Å²) in [6.07, 6.45) is -0.746. The van der Waals surface area contributed by atoms with Gasteiger partial charge in [0.25, 0.3) is 0 Å². The van der Waals surface area contributed by atoms with Gasteiger partial charge in [-0.05, 0) is 30.7 Å². The van der Waals surface area contributed by atoms with E-state index in [1.54, 1.807) is 0 Å². The Morgan fingerprint density at radius 3 is 2.62 bits per heavy atom. The lowest BCUT2D eigenvalue weighted by Gasteiger charge is -2.16. The molecular formula is C9H13FN2O. The topological polar surface area (TPSA) is 72.3 Å². The Balaban J connectivity index is 3.05. The quantitative estimate of drug-likeness (QED) is 0.595. The van der Waals surface area contributed by atoms with Gasteiger partial charge in [-0.15, -0.1) is 0 Å². The minimum atomic E-state index is -0.746. The van der Waals surface area contributed by atoms with E-state index in [2.05, 4.69) is 0 Å². The van der Waals surface area contributed by atoms with Crippen LogP contribution in [-0.2, 0) is 0 Å². The molecule has 2 unspecified atom stereocenters. The molecule has 0 saturated carbocycles. The molecule has 0 bridgehead atoms. The molecule has 0 saturated heterocycles. The van der Waals surface area contributed by atoms with Gasteiger partial charge in [0.05, 0.1) is 12.1 Å². The first-order chi connectivity index (χ1) is 6.02. The number of hydrogen-bond donors (Lipinski definition) is 3. The number of halogens is 1. The zero-order valence-electron chi connectivity index (χ0n) is 7.37. The largest absolute Gasteiger partial charge is 0.398 e. The van der Waals surface area contributed by atoms with Gasteiger partial charge in [-0.1, -0.05) is 0 Å². The maximum atomic E-state index is 12.8. The smallest absolute Gasteiger partial charge is 0.123 e. The molecule has 0 aliphatic heterocycles. The first-order valence-electron chi connectivity index (χ1n) is 4.01. The number of anilines is 1. The molecule has 1 aromatic carbocycles. The molecule has 72 valence electrons. The number of nitrogens with two attached hydrogens (primary N) is 2. The molecular weight excluding hydrogens is 171 g/mol. The summed E-state index contributed by atoms with van der Waals surface area (Å²) in [6, 6.07) is 3.29. The summed E-state index contributed by atoms with van der Waals surface area (Å²) in [5.41, 5.74) is 12.0. The molecule has 0 aromatic heterocycles. The lowest BCUT2D eigenvalue weighted by molar-refractivity contribution is 0.164. The van der Waals surface area contributed by atoms with Crippen LogP contribution in [0.5, 0.6) is 0 Å². The Kier molecular flexibility index (Phi) is 2.85. The first-order valence-corrected chi connectivity index (χ1v) is 4.01. The van der Waals surface area contributed by atoms with Crippen LogP contribution in [-0.4, -0.2) is 11.2 Å². The second-order valence-electron chi connectivity index (χ2n) is 3.04. The van der Waals surface area contributed by atoms with Crippen molar-refractivity contribution in [2.24, 2.45) is 5.73 Å². The van der Waals surface area contributed by atoms with E-state index in [1.807, 2.05) is 0 Å². The second-order valence-corrected chi connectivity index (χ2v) is 3.04. The second kappa shape index (κ2) is 3.72. The third-order valence-corrected chi connectivity index (χ3v) is 1.93. The van der Waals surface area contributed by atoms with Gasteiger partial charge in [0, 0.05) is 5.69 Å². The van der Waals surface area contributed by atoms with E-state index in [0.29, 0.717) is 11.3 Å². The van der Waals surface area contributed by atoms with E-state index in [0.717, 1.165) is 0 Å². The SMILES string of the molecule is CC(O)C(N)c1cc(F)ccc1N. The Hall–Kier alpha value is -1.13. The van der Waals surface area contributed by atoms with Crippen LogP contribution in [0.1, 0.15) is 18.5 Å². The fourth-order valence-electron chi connectivity index (χ4n) is 1.09. The van der Waals surface area contributed by atoms with Crippen LogP contribution < -0.4 is 11.5 Å². The van der Waals surface area contributed by atoms with Crippen molar-refractivity contribution < 1.29 is 9.50 Å². The molecule has 13 heavy (non-hydrogen) atoms. The molecule has 0 radical (unpaired) electrons. The van der Waals surface area contributed by atoms with Gasteiger partial charge in [-0.2, -0.15) is 0 Å².